The first-order valence-electron chi connectivity index (χ1n) is 8.25. The van der Waals surface area contributed by atoms with Crippen molar-refractivity contribution in [2.24, 2.45) is 0 Å². The van der Waals surface area contributed by atoms with E-state index < -0.39 is 0 Å². The smallest absolute Gasteiger partial charge is 0.270 e. The highest BCUT2D eigenvalue weighted by atomic mass is 16.2. The Morgan fingerprint density at radius 3 is 2.70 bits per heavy atom. The molecule has 0 radical (unpaired) electrons. The number of unbranched alkanes of at least 4 members (excludes halogenated alkanes) is 1. The fourth-order valence-electron chi connectivity index (χ4n) is 2.25. The van der Waals surface area contributed by atoms with Gasteiger partial charge in [0.2, 0.25) is 0 Å². The Balaban J connectivity index is 1.87. The third-order valence-corrected chi connectivity index (χ3v) is 3.74. The number of rotatable bonds is 7. The van der Waals surface area contributed by atoms with Crippen molar-refractivity contribution in [3.63, 3.8) is 0 Å². The van der Waals surface area contributed by atoms with Crippen LogP contribution in [0.15, 0.2) is 36.4 Å². The first-order chi connectivity index (χ1) is 11.3. The highest BCUT2D eigenvalue weighted by molar-refractivity contribution is 5.93. The summed E-state index contributed by atoms with van der Waals surface area (Å²) < 4.78 is 0. The summed E-state index contributed by atoms with van der Waals surface area (Å²) >= 11 is 0. The van der Waals surface area contributed by atoms with Crippen LogP contribution in [0, 0.1) is 0 Å². The predicted octanol–water partition coefficient (Wildman–Crippen LogP) is 3.25. The van der Waals surface area contributed by atoms with Crippen molar-refractivity contribution in [1.82, 2.24) is 15.3 Å². The highest BCUT2D eigenvalue weighted by Gasteiger charge is 2.25. The summed E-state index contributed by atoms with van der Waals surface area (Å²) in [5.74, 6) is 1.16. The van der Waals surface area contributed by atoms with Gasteiger partial charge in [0.1, 0.15) is 11.5 Å². The average Bonchev–Trinajstić information content (AvgIpc) is 3.39. The van der Waals surface area contributed by atoms with Gasteiger partial charge in [-0.15, -0.1) is 0 Å². The molecule has 0 spiro atoms. The minimum Gasteiger partial charge on any atom is -0.370 e. The molecule has 1 aromatic carbocycles. The van der Waals surface area contributed by atoms with Crippen LogP contribution >= 0.6 is 0 Å². The second kappa shape index (κ2) is 7.22. The van der Waals surface area contributed by atoms with E-state index in [2.05, 4.69) is 27.5 Å². The van der Waals surface area contributed by atoms with E-state index in [0.717, 1.165) is 37.8 Å². The Morgan fingerprint density at radius 2 is 2.00 bits per heavy atom. The number of carbonyl (C=O) groups excluding carboxylic acids is 1. The van der Waals surface area contributed by atoms with Crippen LogP contribution in [-0.2, 0) is 0 Å². The Labute approximate surface area is 136 Å². The maximum absolute atomic E-state index is 12.3. The molecule has 0 atom stereocenters. The SMILES string of the molecule is CCCCNc1cc(C(=O)NC2CC2)nc(-c2ccccc2)n1. The molecule has 1 amide bonds. The number of anilines is 1. The van der Waals surface area contributed by atoms with Crippen LogP contribution < -0.4 is 10.6 Å². The van der Waals surface area contributed by atoms with Crippen LogP contribution in [0.5, 0.6) is 0 Å². The molecule has 5 heteroatoms. The second-order valence-corrected chi connectivity index (χ2v) is 5.86. The lowest BCUT2D eigenvalue weighted by atomic mass is 10.2. The third kappa shape index (κ3) is 4.28. The van der Waals surface area contributed by atoms with Gasteiger partial charge in [0.15, 0.2) is 5.82 Å². The first kappa shape index (κ1) is 15.5. The van der Waals surface area contributed by atoms with Gasteiger partial charge in [-0.05, 0) is 19.3 Å². The molecule has 3 rings (SSSR count). The van der Waals surface area contributed by atoms with Gasteiger partial charge in [0.05, 0.1) is 0 Å². The van der Waals surface area contributed by atoms with Gasteiger partial charge in [-0.1, -0.05) is 43.7 Å². The number of nitrogens with one attached hydrogen (secondary N) is 2. The maximum Gasteiger partial charge on any atom is 0.270 e. The number of carbonyl (C=O) groups is 1. The molecule has 0 saturated heterocycles. The number of nitrogens with zero attached hydrogens (tertiary/aromatic N) is 2. The van der Waals surface area contributed by atoms with Crippen molar-refractivity contribution in [3.05, 3.63) is 42.1 Å². The van der Waals surface area contributed by atoms with Crippen molar-refractivity contribution in [1.29, 1.82) is 0 Å². The van der Waals surface area contributed by atoms with E-state index in [1.807, 2.05) is 30.3 Å². The van der Waals surface area contributed by atoms with E-state index in [0.29, 0.717) is 23.4 Å². The fourth-order valence-corrected chi connectivity index (χ4v) is 2.25. The second-order valence-electron chi connectivity index (χ2n) is 5.86. The summed E-state index contributed by atoms with van der Waals surface area (Å²) in [7, 11) is 0. The zero-order valence-corrected chi connectivity index (χ0v) is 13.4. The number of aromatic nitrogens is 2. The van der Waals surface area contributed by atoms with Crippen LogP contribution in [0.4, 0.5) is 5.82 Å². The maximum atomic E-state index is 12.3. The van der Waals surface area contributed by atoms with Gasteiger partial charge in [-0.3, -0.25) is 4.79 Å². The van der Waals surface area contributed by atoms with Gasteiger partial charge in [0, 0.05) is 24.2 Å². The van der Waals surface area contributed by atoms with E-state index in [-0.39, 0.29) is 5.91 Å². The molecule has 0 bridgehead atoms. The Morgan fingerprint density at radius 1 is 1.22 bits per heavy atom. The largest absolute Gasteiger partial charge is 0.370 e. The Bertz CT molecular complexity index is 668. The molecule has 1 fully saturated rings. The lowest BCUT2D eigenvalue weighted by molar-refractivity contribution is 0.0946. The zero-order valence-electron chi connectivity index (χ0n) is 13.4. The lowest BCUT2D eigenvalue weighted by Gasteiger charge is -2.10. The summed E-state index contributed by atoms with van der Waals surface area (Å²) in [6.45, 7) is 2.98. The normalized spacial score (nSPS) is 13.6. The van der Waals surface area contributed by atoms with E-state index in [1.54, 1.807) is 6.07 Å². The molecule has 2 aromatic rings. The van der Waals surface area contributed by atoms with Gasteiger partial charge in [-0.2, -0.15) is 0 Å². The first-order valence-corrected chi connectivity index (χ1v) is 8.25. The van der Waals surface area contributed by atoms with Gasteiger partial charge in [-0.25, -0.2) is 9.97 Å². The predicted molar refractivity (Wildman–Crippen MR) is 91.4 cm³/mol. The molecule has 1 heterocycles. The van der Waals surface area contributed by atoms with Crippen molar-refractivity contribution in [2.75, 3.05) is 11.9 Å². The van der Waals surface area contributed by atoms with Crippen molar-refractivity contribution < 1.29 is 4.79 Å². The molecular weight excluding hydrogens is 288 g/mol. The minimum absolute atomic E-state index is 0.120. The summed E-state index contributed by atoms with van der Waals surface area (Å²) in [5.41, 5.74) is 1.33. The van der Waals surface area contributed by atoms with Crippen LogP contribution in [0.2, 0.25) is 0 Å². The quantitative estimate of drug-likeness (QED) is 0.770. The molecule has 1 saturated carbocycles. The number of benzene rings is 1. The van der Waals surface area contributed by atoms with Crippen LogP contribution in [0.1, 0.15) is 43.1 Å². The van der Waals surface area contributed by atoms with Crippen molar-refractivity contribution >= 4 is 11.7 Å². The molecule has 0 aliphatic heterocycles. The topological polar surface area (TPSA) is 66.9 Å². The summed E-state index contributed by atoms with van der Waals surface area (Å²) in [5, 5.41) is 6.28. The molecule has 0 unspecified atom stereocenters. The minimum atomic E-state index is -0.120. The van der Waals surface area contributed by atoms with Crippen molar-refractivity contribution in [3.8, 4) is 11.4 Å². The number of hydrogen-bond acceptors (Lipinski definition) is 4. The van der Waals surface area contributed by atoms with E-state index in [4.69, 9.17) is 0 Å². The molecule has 23 heavy (non-hydrogen) atoms. The Hall–Kier alpha value is -2.43. The molecule has 1 aromatic heterocycles. The lowest BCUT2D eigenvalue weighted by Crippen LogP contribution is -2.26. The molecular formula is C18H22N4O. The van der Waals surface area contributed by atoms with Crippen LogP contribution in [0.25, 0.3) is 11.4 Å². The Kier molecular flexibility index (Phi) is 4.86. The molecule has 1 aliphatic carbocycles. The monoisotopic (exact) mass is 310 g/mol. The molecule has 120 valence electrons. The van der Waals surface area contributed by atoms with Gasteiger partial charge < -0.3 is 10.6 Å². The van der Waals surface area contributed by atoms with Gasteiger partial charge >= 0.3 is 0 Å². The van der Waals surface area contributed by atoms with Crippen LogP contribution in [0.3, 0.4) is 0 Å². The van der Waals surface area contributed by atoms with Gasteiger partial charge in [0.25, 0.3) is 5.91 Å². The number of hydrogen-bond donors (Lipinski definition) is 2. The zero-order chi connectivity index (χ0) is 16.1. The average molecular weight is 310 g/mol. The van der Waals surface area contributed by atoms with Crippen molar-refractivity contribution in [2.45, 2.75) is 38.6 Å². The third-order valence-electron chi connectivity index (χ3n) is 3.74. The molecule has 5 nitrogen and oxygen atoms in total. The standard InChI is InChI=1S/C18H22N4O/c1-2-3-11-19-16-12-15(18(23)20-14-9-10-14)21-17(22-16)13-7-5-4-6-8-13/h4-8,12,14H,2-3,9-11H2,1H3,(H,20,23)(H,19,21,22). The van der Waals surface area contributed by atoms with Crippen LogP contribution in [-0.4, -0.2) is 28.5 Å². The van der Waals surface area contributed by atoms with E-state index in [1.165, 1.54) is 0 Å². The highest BCUT2D eigenvalue weighted by Crippen LogP contribution is 2.21. The summed E-state index contributed by atoms with van der Waals surface area (Å²) in [6.07, 6.45) is 4.29. The fraction of sp³-hybridized carbons (Fsp3) is 0.389. The van der Waals surface area contributed by atoms with E-state index >= 15 is 0 Å². The van der Waals surface area contributed by atoms with E-state index in [9.17, 15) is 4.79 Å². The summed E-state index contributed by atoms with van der Waals surface area (Å²) in [6, 6.07) is 11.8. The number of amides is 1. The summed E-state index contributed by atoms with van der Waals surface area (Å²) in [4.78, 5) is 21.3. The molecule has 2 N–H and O–H groups in total. The molecule has 1 aliphatic rings.